The molecule has 0 fully saturated rings. The third kappa shape index (κ3) is 3.75. The van der Waals surface area contributed by atoms with Gasteiger partial charge in [0.1, 0.15) is 12.9 Å². The number of rotatable bonds is 5. The number of oxime groups is 1. The topological polar surface area (TPSA) is 65.4 Å². The van der Waals surface area contributed by atoms with Crippen molar-refractivity contribution in [2.75, 3.05) is 0 Å². The Morgan fingerprint density at radius 1 is 1.41 bits per heavy atom. The van der Waals surface area contributed by atoms with Gasteiger partial charge in [-0.1, -0.05) is 44.9 Å². The lowest BCUT2D eigenvalue weighted by Crippen LogP contribution is -2.14. The van der Waals surface area contributed by atoms with Crippen LogP contribution >= 0.6 is 0 Å². The summed E-state index contributed by atoms with van der Waals surface area (Å²) in [5.74, 6) is 0.341. The Morgan fingerprint density at radius 3 is 2.77 bits per heavy atom. The van der Waals surface area contributed by atoms with Gasteiger partial charge in [0.05, 0.1) is 23.2 Å². The molecule has 2 aromatic heterocycles. The average molecular weight is 304 g/mol. The lowest BCUT2D eigenvalue weighted by Gasteiger charge is -2.15. The second-order valence-corrected chi connectivity index (χ2v) is 6.74. The van der Waals surface area contributed by atoms with Gasteiger partial charge in [-0.2, -0.15) is 5.10 Å². The van der Waals surface area contributed by atoms with Gasteiger partial charge in [-0.25, -0.2) is 0 Å². The molecule has 22 heavy (non-hydrogen) atoms. The second-order valence-electron chi connectivity index (χ2n) is 6.74. The maximum Gasteiger partial charge on any atom is 0.147 e. The normalized spacial score (nSPS) is 12.5. The molecule has 0 aliphatic carbocycles. The SMILES string of the molecule is CC(C)c1nn(C)cc1/C=N/OCc1conc1C(C)(C)C. The molecular weight excluding hydrogens is 280 g/mol. The van der Waals surface area contributed by atoms with E-state index in [1.807, 2.05) is 13.2 Å². The zero-order valence-corrected chi connectivity index (χ0v) is 14.1. The van der Waals surface area contributed by atoms with Crippen LogP contribution in [0, 0.1) is 0 Å². The zero-order chi connectivity index (χ0) is 16.3. The van der Waals surface area contributed by atoms with Crippen molar-refractivity contribution in [2.45, 2.75) is 52.6 Å². The highest BCUT2D eigenvalue weighted by Crippen LogP contribution is 2.24. The van der Waals surface area contributed by atoms with E-state index in [1.165, 1.54) is 0 Å². The summed E-state index contributed by atoms with van der Waals surface area (Å²) in [5.41, 5.74) is 3.71. The van der Waals surface area contributed by atoms with E-state index in [0.717, 1.165) is 22.5 Å². The molecule has 0 saturated carbocycles. The third-order valence-corrected chi connectivity index (χ3v) is 3.27. The maximum absolute atomic E-state index is 5.39. The van der Waals surface area contributed by atoms with Crippen LogP contribution in [0.1, 0.15) is 63.1 Å². The lowest BCUT2D eigenvalue weighted by molar-refractivity contribution is 0.130. The molecule has 6 nitrogen and oxygen atoms in total. The Balaban J connectivity index is 2.01. The van der Waals surface area contributed by atoms with Crippen molar-refractivity contribution < 1.29 is 9.36 Å². The van der Waals surface area contributed by atoms with Gasteiger partial charge in [0.25, 0.3) is 0 Å². The van der Waals surface area contributed by atoms with Crippen molar-refractivity contribution in [3.05, 3.63) is 35.0 Å². The Kier molecular flexibility index (Phi) is 4.68. The Labute approximate surface area is 131 Å². The minimum absolute atomic E-state index is 0.0798. The molecule has 0 aliphatic rings. The minimum Gasteiger partial charge on any atom is -0.391 e. The summed E-state index contributed by atoms with van der Waals surface area (Å²) in [4.78, 5) is 5.39. The molecule has 0 spiro atoms. The summed E-state index contributed by atoms with van der Waals surface area (Å²) < 4.78 is 6.83. The van der Waals surface area contributed by atoms with Crippen LogP contribution in [0.3, 0.4) is 0 Å². The van der Waals surface area contributed by atoms with Crippen LogP contribution < -0.4 is 0 Å². The van der Waals surface area contributed by atoms with Gasteiger partial charge in [-0.05, 0) is 5.92 Å². The highest BCUT2D eigenvalue weighted by molar-refractivity contribution is 5.80. The predicted octanol–water partition coefficient (Wildman–Crippen LogP) is 3.38. The standard InChI is InChI=1S/C16H24N4O2/c1-11(2)14-12(8-20(6)18-14)7-17-21-9-13-10-22-19-15(13)16(3,4)5/h7-8,10-11H,9H2,1-6H3/b17-7+. The summed E-state index contributed by atoms with van der Waals surface area (Å²) in [6, 6.07) is 0. The first kappa shape index (κ1) is 16.3. The van der Waals surface area contributed by atoms with Gasteiger partial charge >= 0.3 is 0 Å². The summed E-state index contributed by atoms with van der Waals surface area (Å²) in [7, 11) is 1.90. The Hall–Kier alpha value is -2.11. The van der Waals surface area contributed by atoms with Crippen molar-refractivity contribution in [1.29, 1.82) is 0 Å². The van der Waals surface area contributed by atoms with E-state index in [2.05, 4.69) is 50.0 Å². The molecule has 0 N–H and O–H groups in total. The molecule has 120 valence electrons. The highest BCUT2D eigenvalue weighted by atomic mass is 16.6. The van der Waals surface area contributed by atoms with Crippen LogP contribution in [-0.2, 0) is 23.9 Å². The molecule has 0 radical (unpaired) electrons. The van der Waals surface area contributed by atoms with Crippen molar-refractivity contribution in [3.63, 3.8) is 0 Å². The molecule has 0 aliphatic heterocycles. The molecule has 0 amide bonds. The van der Waals surface area contributed by atoms with Crippen LogP contribution in [0.2, 0.25) is 0 Å². The molecule has 2 aromatic rings. The van der Waals surface area contributed by atoms with Gasteiger partial charge in [0.15, 0.2) is 0 Å². The lowest BCUT2D eigenvalue weighted by atomic mass is 9.90. The summed E-state index contributed by atoms with van der Waals surface area (Å²) in [6.07, 6.45) is 5.24. The van der Waals surface area contributed by atoms with Crippen LogP contribution in [-0.4, -0.2) is 21.2 Å². The van der Waals surface area contributed by atoms with E-state index in [1.54, 1.807) is 17.2 Å². The van der Waals surface area contributed by atoms with Crippen molar-refractivity contribution in [1.82, 2.24) is 14.9 Å². The van der Waals surface area contributed by atoms with Crippen molar-refractivity contribution in [3.8, 4) is 0 Å². The number of nitrogens with zero attached hydrogens (tertiary/aromatic N) is 4. The van der Waals surface area contributed by atoms with Crippen molar-refractivity contribution >= 4 is 6.21 Å². The van der Waals surface area contributed by atoms with Crippen LogP contribution in [0.15, 0.2) is 22.1 Å². The van der Waals surface area contributed by atoms with Crippen LogP contribution in [0.25, 0.3) is 0 Å². The minimum atomic E-state index is -0.0798. The fourth-order valence-corrected chi connectivity index (χ4v) is 2.25. The molecule has 6 heteroatoms. The molecule has 0 atom stereocenters. The molecule has 0 aromatic carbocycles. The number of hydrogen-bond donors (Lipinski definition) is 0. The quantitative estimate of drug-likeness (QED) is 0.627. The first-order valence-electron chi connectivity index (χ1n) is 7.41. The first-order chi connectivity index (χ1) is 10.3. The molecule has 0 saturated heterocycles. The maximum atomic E-state index is 5.39. The van der Waals surface area contributed by atoms with Crippen LogP contribution in [0.4, 0.5) is 0 Å². The van der Waals surface area contributed by atoms with Crippen molar-refractivity contribution in [2.24, 2.45) is 12.2 Å². The Morgan fingerprint density at radius 2 is 2.14 bits per heavy atom. The van der Waals surface area contributed by atoms with E-state index in [-0.39, 0.29) is 5.41 Å². The highest BCUT2D eigenvalue weighted by Gasteiger charge is 2.22. The van der Waals surface area contributed by atoms with Gasteiger partial charge in [0.2, 0.25) is 0 Å². The fourth-order valence-electron chi connectivity index (χ4n) is 2.25. The van der Waals surface area contributed by atoms with Crippen LogP contribution in [0.5, 0.6) is 0 Å². The smallest absolute Gasteiger partial charge is 0.147 e. The molecule has 2 heterocycles. The summed E-state index contributed by atoms with van der Waals surface area (Å²) in [6.45, 7) is 10.8. The molecule has 0 unspecified atom stereocenters. The number of hydrogen-bond acceptors (Lipinski definition) is 5. The molecule has 0 bridgehead atoms. The first-order valence-corrected chi connectivity index (χ1v) is 7.41. The Bertz CT molecular complexity index is 647. The summed E-state index contributed by atoms with van der Waals surface area (Å²) >= 11 is 0. The van der Waals surface area contributed by atoms with E-state index in [4.69, 9.17) is 9.36 Å². The second kappa shape index (κ2) is 6.34. The summed E-state index contributed by atoms with van der Waals surface area (Å²) in [5, 5.41) is 12.5. The number of aromatic nitrogens is 3. The van der Waals surface area contributed by atoms with Gasteiger partial charge < -0.3 is 9.36 Å². The van der Waals surface area contributed by atoms with E-state index in [9.17, 15) is 0 Å². The molecule has 2 rings (SSSR count). The van der Waals surface area contributed by atoms with E-state index < -0.39 is 0 Å². The third-order valence-electron chi connectivity index (χ3n) is 3.27. The van der Waals surface area contributed by atoms with Gasteiger partial charge in [0, 0.05) is 24.2 Å². The zero-order valence-electron chi connectivity index (χ0n) is 14.1. The molecular formula is C16H24N4O2. The van der Waals surface area contributed by atoms with Gasteiger partial charge in [-0.3, -0.25) is 4.68 Å². The van der Waals surface area contributed by atoms with E-state index in [0.29, 0.717) is 12.5 Å². The number of aryl methyl sites for hydroxylation is 1. The van der Waals surface area contributed by atoms with Gasteiger partial charge in [-0.15, -0.1) is 0 Å². The largest absolute Gasteiger partial charge is 0.391 e. The predicted molar refractivity (Wildman–Crippen MR) is 84.9 cm³/mol. The van der Waals surface area contributed by atoms with E-state index >= 15 is 0 Å². The average Bonchev–Trinajstić information content (AvgIpc) is 3.00. The fraction of sp³-hybridized carbons (Fsp3) is 0.562. The monoisotopic (exact) mass is 304 g/mol.